The molecular weight excluding hydrogens is 228 g/mol. The molecule has 1 N–H and O–H groups in total. The summed E-state index contributed by atoms with van der Waals surface area (Å²) in [7, 11) is 0. The van der Waals surface area contributed by atoms with Crippen molar-refractivity contribution in [3.05, 3.63) is 0 Å². The van der Waals surface area contributed by atoms with E-state index in [1.807, 2.05) is 11.8 Å². The number of hydrogen-bond acceptors (Lipinski definition) is 2. The van der Waals surface area contributed by atoms with Gasteiger partial charge in [-0.25, -0.2) is 0 Å². The standard InChI is InChI=1S/C14H26N2S/c1-4-14(5-2)11-17-12(16-14)15-10-13(3)8-6-7-9-13/h4-11H2,1-3H3,(H,15,16). The summed E-state index contributed by atoms with van der Waals surface area (Å²) in [6.07, 6.45) is 7.92. The minimum atomic E-state index is 0.320. The monoisotopic (exact) mass is 254 g/mol. The Bertz CT molecular complexity index is 289. The number of nitrogens with one attached hydrogen (secondary N) is 1. The van der Waals surface area contributed by atoms with Crippen molar-refractivity contribution in [3.63, 3.8) is 0 Å². The van der Waals surface area contributed by atoms with Crippen LogP contribution in [0.1, 0.15) is 59.3 Å². The zero-order chi connectivity index (χ0) is 12.4. The normalized spacial score (nSPS) is 28.5. The fraction of sp³-hybridized carbons (Fsp3) is 0.929. The molecule has 0 aromatic rings. The Morgan fingerprint density at radius 3 is 2.41 bits per heavy atom. The number of rotatable bonds is 4. The molecule has 2 rings (SSSR count). The molecule has 3 heteroatoms. The minimum Gasteiger partial charge on any atom is -0.359 e. The van der Waals surface area contributed by atoms with Gasteiger partial charge in [0.2, 0.25) is 0 Å². The van der Waals surface area contributed by atoms with Gasteiger partial charge in [0.25, 0.3) is 0 Å². The van der Waals surface area contributed by atoms with Crippen molar-refractivity contribution in [3.8, 4) is 0 Å². The SMILES string of the molecule is CCC1(CC)CSC(=NCC2(C)CCCC2)N1. The highest BCUT2D eigenvalue weighted by Crippen LogP contribution is 2.38. The van der Waals surface area contributed by atoms with E-state index in [9.17, 15) is 0 Å². The first-order valence-corrected chi connectivity index (χ1v) is 8.05. The highest BCUT2D eigenvalue weighted by atomic mass is 32.2. The average molecular weight is 254 g/mol. The first-order chi connectivity index (χ1) is 8.11. The van der Waals surface area contributed by atoms with Crippen LogP contribution in [0, 0.1) is 5.41 Å². The minimum absolute atomic E-state index is 0.320. The van der Waals surface area contributed by atoms with E-state index in [0.717, 1.165) is 6.54 Å². The van der Waals surface area contributed by atoms with Gasteiger partial charge in [0.1, 0.15) is 0 Å². The van der Waals surface area contributed by atoms with Crippen LogP contribution in [0.15, 0.2) is 4.99 Å². The molecule has 1 saturated heterocycles. The maximum Gasteiger partial charge on any atom is 0.157 e. The molecule has 1 aliphatic heterocycles. The number of aliphatic imine (C=N–C) groups is 1. The van der Waals surface area contributed by atoms with Crippen molar-refractivity contribution < 1.29 is 0 Å². The van der Waals surface area contributed by atoms with Gasteiger partial charge in [-0.05, 0) is 31.1 Å². The van der Waals surface area contributed by atoms with E-state index in [0.29, 0.717) is 11.0 Å². The Hall–Kier alpha value is -0.180. The molecule has 0 radical (unpaired) electrons. The molecule has 1 heterocycles. The van der Waals surface area contributed by atoms with Crippen molar-refractivity contribution in [2.45, 2.75) is 64.8 Å². The number of amidine groups is 1. The maximum absolute atomic E-state index is 4.84. The van der Waals surface area contributed by atoms with Gasteiger partial charge < -0.3 is 5.32 Å². The lowest BCUT2D eigenvalue weighted by atomic mass is 9.89. The van der Waals surface area contributed by atoms with Crippen LogP contribution in [0.2, 0.25) is 0 Å². The van der Waals surface area contributed by atoms with Gasteiger partial charge in [-0.1, -0.05) is 45.4 Å². The quantitative estimate of drug-likeness (QED) is 0.825. The van der Waals surface area contributed by atoms with E-state index in [1.165, 1.54) is 49.4 Å². The third kappa shape index (κ3) is 2.98. The molecule has 0 aromatic carbocycles. The van der Waals surface area contributed by atoms with Gasteiger partial charge in [0, 0.05) is 17.8 Å². The topological polar surface area (TPSA) is 24.4 Å². The van der Waals surface area contributed by atoms with Crippen molar-refractivity contribution in [2.24, 2.45) is 10.4 Å². The molecule has 0 bridgehead atoms. The average Bonchev–Trinajstić information content (AvgIpc) is 2.95. The van der Waals surface area contributed by atoms with Crippen LogP contribution >= 0.6 is 11.8 Å². The summed E-state index contributed by atoms with van der Waals surface area (Å²) in [4.78, 5) is 4.84. The fourth-order valence-corrected chi connectivity index (χ4v) is 4.21. The van der Waals surface area contributed by atoms with E-state index in [2.05, 4.69) is 26.1 Å². The molecule has 17 heavy (non-hydrogen) atoms. The van der Waals surface area contributed by atoms with Gasteiger partial charge in [-0.3, -0.25) is 4.99 Å². The molecule has 1 aliphatic carbocycles. The number of thioether (sulfide) groups is 1. The summed E-state index contributed by atoms with van der Waals surface area (Å²) >= 11 is 1.92. The summed E-state index contributed by atoms with van der Waals surface area (Å²) in [6.45, 7) is 7.97. The summed E-state index contributed by atoms with van der Waals surface area (Å²) < 4.78 is 0. The lowest BCUT2D eigenvalue weighted by Gasteiger charge is -2.26. The molecule has 0 unspecified atom stereocenters. The Morgan fingerprint density at radius 1 is 1.24 bits per heavy atom. The lowest BCUT2D eigenvalue weighted by molar-refractivity contribution is 0.350. The molecule has 1 saturated carbocycles. The van der Waals surface area contributed by atoms with Gasteiger partial charge in [-0.15, -0.1) is 0 Å². The highest BCUT2D eigenvalue weighted by Gasteiger charge is 2.34. The first-order valence-electron chi connectivity index (χ1n) is 7.07. The molecule has 0 atom stereocenters. The van der Waals surface area contributed by atoms with Crippen LogP contribution in [-0.2, 0) is 0 Å². The first kappa shape index (κ1) is 13.3. The predicted molar refractivity (Wildman–Crippen MR) is 77.8 cm³/mol. The molecule has 0 aromatic heterocycles. The fourth-order valence-electron chi connectivity index (χ4n) is 2.87. The Balaban J connectivity index is 1.91. The molecule has 0 spiro atoms. The van der Waals surface area contributed by atoms with Crippen LogP contribution < -0.4 is 5.32 Å². The van der Waals surface area contributed by atoms with Crippen LogP contribution in [0.5, 0.6) is 0 Å². The van der Waals surface area contributed by atoms with Gasteiger partial charge in [0.15, 0.2) is 5.17 Å². The van der Waals surface area contributed by atoms with E-state index in [4.69, 9.17) is 4.99 Å². The lowest BCUT2D eigenvalue weighted by Crippen LogP contribution is -2.42. The van der Waals surface area contributed by atoms with Crippen molar-refractivity contribution in [2.75, 3.05) is 12.3 Å². The largest absolute Gasteiger partial charge is 0.359 e. The van der Waals surface area contributed by atoms with Crippen molar-refractivity contribution in [1.29, 1.82) is 0 Å². The Labute approximate surface area is 110 Å². The molecule has 98 valence electrons. The molecule has 2 fully saturated rings. The second-order valence-electron chi connectivity index (χ2n) is 6.04. The van der Waals surface area contributed by atoms with Crippen LogP contribution in [0.25, 0.3) is 0 Å². The van der Waals surface area contributed by atoms with E-state index in [-0.39, 0.29) is 0 Å². The molecule has 0 amide bonds. The zero-order valence-corrected chi connectivity index (χ0v) is 12.3. The van der Waals surface area contributed by atoms with Crippen LogP contribution in [0.3, 0.4) is 0 Å². The summed E-state index contributed by atoms with van der Waals surface area (Å²) in [5.74, 6) is 1.19. The Kier molecular flexibility index (Phi) is 4.06. The highest BCUT2D eigenvalue weighted by molar-refractivity contribution is 8.14. The Morgan fingerprint density at radius 2 is 1.88 bits per heavy atom. The van der Waals surface area contributed by atoms with E-state index in [1.54, 1.807) is 0 Å². The van der Waals surface area contributed by atoms with Crippen molar-refractivity contribution >= 4 is 16.9 Å². The zero-order valence-electron chi connectivity index (χ0n) is 11.5. The van der Waals surface area contributed by atoms with Crippen LogP contribution in [0.4, 0.5) is 0 Å². The van der Waals surface area contributed by atoms with E-state index < -0.39 is 0 Å². The molecule has 2 aliphatic rings. The summed E-state index contributed by atoms with van der Waals surface area (Å²) in [5.41, 5.74) is 0.805. The summed E-state index contributed by atoms with van der Waals surface area (Å²) in [5, 5.41) is 4.85. The second kappa shape index (κ2) is 5.21. The number of nitrogens with zero attached hydrogens (tertiary/aromatic N) is 1. The molecular formula is C14H26N2S. The van der Waals surface area contributed by atoms with Crippen LogP contribution in [-0.4, -0.2) is 23.0 Å². The van der Waals surface area contributed by atoms with Gasteiger partial charge >= 0.3 is 0 Å². The van der Waals surface area contributed by atoms with E-state index >= 15 is 0 Å². The number of hydrogen-bond donors (Lipinski definition) is 1. The van der Waals surface area contributed by atoms with Crippen molar-refractivity contribution in [1.82, 2.24) is 5.32 Å². The third-order valence-corrected chi connectivity index (χ3v) is 5.83. The van der Waals surface area contributed by atoms with Gasteiger partial charge in [0.05, 0.1) is 0 Å². The smallest absolute Gasteiger partial charge is 0.157 e. The van der Waals surface area contributed by atoms with Gasteiger partial charge in [-0.2, -0.15) is 0 Å². The third-order valence-electron chi connectivity index (χ3n) is 4.63. The summed E-state index contributed by atoms with van der Waals surface area (Å²) in [6, 6.07) is 0. The predicted octanol–water partition coefficient (Wildman–Crippen LogP) is 3.82. The maximum atomic E-state index is 4.84. The molecule has 2 nitrogen and oxygen atoms in total. The second-order valence-corrected chi connectivity index (χ2v) is 7.00.